The summed E-state index contributed by atoms with van der Waals surface area (Å²) in [4.78, 5) is 37.0. The van der Waals surface area contributed by atoms with Gasteiger partial charge in [-0.15, -0.1) is 0 Å². The SMILES string of the molecule is CCC1C(=O)NCCN1C(=O)CNC(=O)C(C)(C)C. The van der Waals surface area contributed by atoms with Gasteiger partial charge in [0.15, 0.2) is 0 Å². The van der Waals surface area contributed by atoms with E-state index in [4.69, 9.17) is 0 Å². The van der Waals surface area contributed by atoms with Crippen molar-refractivity contribution in [3.63, 3.8) is 0 Å². The molecule has 1 aliphatic rings. The molecule has 0 aromatic carbocycles. The zero-order chi connectivity index (χ0) is 14.6. The fourth-order valence-electron chi connectivity index (χ4n) is 1.94. The minimum atomic E-state index is -0.524. The average Bonchev–Trinajstić information content (AvgIpc) is 2.33. The van der Waals surface area contributed by atoms with Crippen LogP contribution < -0.4 is 10.6 Å². The molecule has 1 atom stereocenters. The number of hydrogen-bond donors (Lipinski definition) is 2. The Balaban J connectivity index is 2.57. The van der Waals surface area contributed by atoms with Gasteiger partial charge >= 0.3 is 0 Å². The van der Waals surface area contributed by atoms with Gasteiger partial charge in [-0.05, 0) is 6.42 Å². The van der Waals surface area contributed by atoms with Crippen LogP contribution in [0.2, 0.25) is 0 Å². The second-order valence-corrected chi connectivity index (χ2v) is 5.73. The molecule has 0 aliphatic carbocycles. The first-order valence-electron chi connectivity index (χ1n) is 6.63. The van der Waals surface area contributed by atoms with E-state index in [0.29, 0.717) is 19.5 Å². The third kappa shape index (κ3) is 3.94. The van der Waals surface area contributed by atoms with E-state index in [2.05, 4.69) is 10.6 Å². The summed E-state index contributed by atoms with van der Waals surface area (Å²) < 4.78 is 0. The van der Waals surface area contributed by atoms with Crippen molar-refractivity contribution in [1.82, 2.24) is 15.5 Å². The van der Waals surface area contributed by atoms with Crippen molar-refractivity contribution in [2.24, 2.45) is 5.41 Å². The number of carbonyl (C=O) groups excluding carboxylic acids is 3. The van der Waals surface area contributed by atoms with Crippen molar-refractivity contribution in [1.29, 1.82) is 0 Å². The van der Waals surface area contributed by atoms with Crippen LogP contribution in [-0.4, -0.2) is 48.3 Å². The smallest absolute Gasteiger partial charge is 0.242 e. The lowest BCUT2D eigenvalue weighted by Crippen LogP contribution is -2.58. The molecule has 1 rings (SSSR count). The Morgan fingerprint density at radius 1 is 1.42 bits per heavy atom. The van der Waals surface area contributed by atoms with Crippen molar-refractivity contribution in [2.75, 3.05) is 19.6 Å². The van der Waals surface area contributed by atoms with Gasteiger partial charge in [0.05, 0.1) is 6.54 Å². The monoisotopic (exact) mass is 269 g/mol. The molecular formula is C13H23N3O3. The number of rotatable bonds is 3. The largest absolute Gasteiger partial charge is 0.353 e. The second kappa shape index (κ2) is 6.04. The molecule has 108 valence electrons. The highest BCUT2D eigenvalue weighted by molar-refractivity contribution is 5.91. The Hall–Kier alpha value is -1.59. The number of nitrogens with zero attached hydrogens (tertiary/aromatic N) is 1. The summed E-state index contributed by atoms with van der Waals surface area (Å²) in [7, 11) is 0. The van der Waals surface area contributed by atoms with Gasteiger partial charge in [0, 0.05) is 18.5 Å². The third-order valence-electron chi connectivity index (χ3n) is 3.12. The Morgan fingerprint density at radius 2 is 2.05 bits per heavy atom. The lowest BCUT2D eigenvalue weighted by Gasteiger charge is -2.34. The van der Waals surface area contributed by atoms with Gasteiger partial charge in [0.25, 0.3) is 0 Å². The first-order valence-corrected chi connectivity index (χ1v) is 6.63. The van der Waals surface area contributed by atoms with Gasteiger partial charge in [-0.25, -0.2) is 0 Å². The van der Waals surface area contributed by atoms with Crippen LogP contribution in [0, 0.1) is 5.41 Å². The van der Waals surface area contributed by atoms with E-state index in [1.165, 1.54) is 0 Å². The molecule has 6 heteroatoms. The highest BCUT2D eigenvalue weighted by Crippen LogP contribution is 2.13. The fraction of sp³-hybridized carbons (Fsp3) is 0.769. The summed E-state index contributed by atoms with van der Waals surface area (Å²) in [5.74, 6) is -0.501. The van der Waals surface area contributed by atoms with E-state index in [-0.39, 0.29) is 24.3 Å². The molecule has 0 bridgehead atoms. The summed E-state index contributed by atoms with van der Waals surface area (Å²) >= 11 is 0. The van der Waals surface area contributed by atoms with Crippen LogP contribution in [0.15, 0.2) is 0 Å². The Kier molecular flexibility index (Phi) is 4.91. The Labute approximate surface area is 113 Å². The first kappa shape index (κ1) is 15.5. The maximum Gasteiger partial charge on any atom is 0.242 e. The van der Waals surface area contributed by atoms with Crippen molar-refractivity contribution >= 4 is 17.7 Å². The van der Waals surface area contributed by atoms with Crippen molar-refractivity contribution in [3.05, 3.63) is 0 Å². The van der Waals surface area contributed by atoms with Crippen LogP contribution in [0.25, 0.3) is 0 Å². The normalized spacial score (nSPS) is 19.9. The van der Waals surface area contributed by atoms with Gasteiger partial charge in [-0.2, -0.15) is 0 Å². The van der Waals surface area contributed by atoms with E-state index < -0.39 is 11.5 Å². The molecule has 6 nitrogen and oxygen atoms in total. The molecule has 0 spiro atoms. The summed E-state index contributed by atoms with van der Waals surface area (Å²) in [6, 6.07) is -0.423. The molecule has 3 amide bonds. The predicted octanol–water partition coefficient (Wildman–Crippen LogP) is -0.114. The molecule has 2 N–H and O–H groups in total. The minimum absolute atomic E-state index is 0.0557. The number of carbonyl (C=O) groups is 3. The van der Waals surface area contributed by atoms with Crippen LogP contribution in [-0.2, 0) is 14.4 Å². The fourth-order valence-corrected chi connectivity index (χ4v) is 1.94. The lowest BCUT2D eigenvalue weighted by molar-refractivity contribution is -0.143. The average molecular weight is 269 g/mol. The molecule has 0 aromatic heterocycles. The maximum atomic E-state index is 12.1. The van der Waals surface area contributed by atoms with E-state index >= 15 is 0 Å². The highest BCUT2D eigenvalue weighted by atomic mass is 16.2. The van der Waals surface area contributed by atoms with Gasteiger partial charge in [-0.3, -0.25) is 14.4 Å². The van der Waals surface area contributed by atoms with E-state index in [0.717, 1.165) is 0 Å². The Morgan fingerprint density at radius 3 is 2.58 bits per heavy atom. The standard InChI is InChI=1S/C13H23N3O3/c1-5-9-11(18)14-6-7-16(9)10(17)8-15-12(19)13(2,3)4/h9H,5-8H2,1-4H3,(H,14,18)(H,15,19). The Bertz CT molecular complexity index is 374. The highest BCUT2D eigenvalue weighted by Gasteiger charge is 2.32. The van der Waals surface area contributed by atoms with E-state index in [1.54, 1.807) is 25.7 Å². The molecule has 1 aliphatic heterocycles. The number of hydrogen-bond acceptors (Lipinski definition) is 3. The van der Waals surface area contributed by atoms with Gasteiger partial charge in [0.2, 0.25) is 17.7 Å². The predicted molar refractivity (Wildman–Crippen MR) is 71.3 cm³/mol. The van der Waals surface area contributed by atoms with Gasteiger partial charge in [0.1, 0.15) is 6.04 Å². The number of piperazine rings is 1. The van der Waals surface area contributed by atoms with Crippen molar-refractivity contribution < 1.29 is 14.4 Å². The van der Waals surface area contributed by atoms with Crippen LogP contribution >= 0.6 is 0 Å². The molecular weight excluding hydrogens is 246 g/mol. The van der Waals surface area contributed by atoms with Crippen LogP contribution in [0.5, 0.6) is 0 Å². The number of nitrogens with one attached hydrogen (secondary N) is 2. The molecule has 1 saturated heterocycles. The summed E-state index contributed by atoms with van der Waals surface area (Å²) in [5.41, 5.74) is -0.524. The molecule has 1 fully saturated rings. The van der Waals surface area contributed by atoms with Gasteiger partial charge < -0.3 is 15.5 Å². The topological polar surface area (TPSA) is 78.5 Å². The molecule has 0 aromatic rings. The zero-order valence-electron chi connectivity index (χ0n) is 12.1. The van der Waals surface area contributed by atoms with Crippen molar-refractivity contribution in [2.45, 2.75) is 40.2 Å². The third-order valence-corrected chi connectivity index (χ3v) is 3.12. The van der Waals surface area contributed by atoms with Gasteiger partial charge in [-0.1, -0.05) is 27.7 Å². The molecule has 19 heavy (non-hydrogen) atoms. The maximum absolute atomic E-state index is 12.1. The first-order chi connectivity index (χ1) is 8.77. The quantitative estimate of drug-likeness (QED) is 0.750. The zero-order valence-corrected chi connectivity index (χ0v) is 12.1. The van der Waals surface area contributed by atoms with Crippen molar-refractivity contribution in [3.8, 4) is 0 Å². The molecule has 0 radical (unpaired) electrons. The molecule has 1 heterocycles. The minimum Gasteiger partial charge on any atom is -0.353 e. The summed E-state index contributed by atoms with van der Waals surface area (Å²) in [6.07, 6.45) is 0.574. The van der Waals surface area contributed by atoms with E-state index in [1.807, 2.05) is 6.92 Å². The molecule has 0 saturated carbocycles. The van der Waals surface area contributed by atoms with Crippen LogP contribution in [0.4, 0.5) is 0 Å². The second-order valence-electron chi connectivity index (χ2n) is 5.73. The summed E-state index contributed by atoms with van der Waals surface area (Å²) in [6.45, 7) is 8.13. The van der Waals surface area contributed by atoms with Crippen LogP contribution in [0.1, 0.15) is 34.1 Å². The number of amides is 3. The molecule has 1 unspecified atom stereocenters. The van der Waals surface area contributed by atoms with E-state index in [9.17, 15) is 14.4 Å². The summed E-state index contributed by atoms with van der Waals surface area (Å²) in [5, 5.41) is 5.35. The lowest BCUT2D eigenvalue weighted by atomic mass is 9.96. The van der Waals surface area contributed by atoms with Crippen LogP contribution in [0.3, 0.4) is 0 Å².